The van der Waals surface area contributed by atoms with Crippen molar-refractivity contribution >= 4 is 28.0 Å². The molecule has 3 nitrogen and oxygen atoms in total. The number of allylic oxidation sites excluding steroid dienone is 1. The van der Waals surface area contributed by atoms with E-state index in [2.05, 4.69) is 25.7 Å². The van der Waals surface area contributed by atoms with E-state index in [4.69, 9.17) is 0 Å². The number of halogens is 1. The molecule has 80 valence electrons. The molecule has 0 radical (unpaired) electrons. The van der Waals surface area contributed by atoms with Gasteiger partial charge in [0.15, 0.2) is 0 Å². The molecule has 1 rings (SSSR count). The number of hydrogen-bond donors (Lipinski definition) is 0. The predicted molar refractivity (Wildman–Crippen MR) is 63.0 cm³/mol. The molecule has 0 aliphatic rings. The molecule has 0 spiro atoms. The fraction of sp³-hybridized carbons (Fsp3) is 0.273. The van der Waals surface area contributed by atoms with Gasteiger partial charge in [0.05, 0.1) is 7.11 Å². The molecule has 0 N–H and O–H groups in total. The lowest BCUT2D eigenvalue weighted by molar-refractivity contribution is 0.0594. The van der Waals surface area contributed by atoms with E-state index in [1.807, 2.05) is 18.2 Å². The van der Waals surface area contributed by atoms with Crippen LogP contribution in [0, 0.1) is 0 Å². The minimum atomic E-state index is -0.411. The van der Waals surface area contributed by atoms with Crippen LogP contribution >= 0.6 is 15.9 Å². The quantitative estimate of drug-likeness (QED) is 0.623. The summed E-state index contributed by atoms with van der Waals surface area (Å²) in [6, 6.07) is 3.55. The van der Waals surface area contributed by atoms with Gasteiger partial charge in [-0.1, -0.05) is 28.1 Å². The van der Waals surface area contributed by atoms with Gasteiger partial charge >= 0.3 is 5.97 Å². The zero-order valence-electron chi connectivity index (χ0n) is 8.44. The topological polar surface area (TPSA) is 39.2 Å². The van der Waals surface area contributed by atoms with Crippen molar-refractivity contribution in [1.82, 2.24) is 4.98 Å². The first-order valence-electron chi connectivity index (χ1n) is 4.55. The maximum absolute atomic E-state index is 11.2. The fourth-order valence-corrected chi connectivity index (χ4v) is 1.31. The lowest BCUT2D eigenvalue weighted by Gasteiger charge is -1.98. The minimum Gasteiger partial charge on any atom is -0.464 e. The van der Waals surface area contributed by atoms with Gasteiger partial charge in [-0.15, -0.1) is 0 Å². The summed E-state index contributed by atoms with van der Waals surface area (Å²) >= 11 is 3.33. The Hall–Kier alpha value is -1.16. The number of hydrogen-bond acceptors (Lipinski definition) is 3. The third kappa shape index (κ3) is 3.83. The van der Waals surface area contributed by atoms with E-state index in [9.17, 15) is 4.79 Å². The molecular formula is C11H12BrNO2. The van der Waals surface area contributed by atoms with Crippen LogP contribution in [0.25, 0.3) is 6.08 Å². The normalized spacial score (nSPS) is 10.5. The summed E-state index contributed by atoms with van der Waals surface area (Å²) in [6.45, 7) is 0. The van der Waals surface area contributed by atoms with E-state index in [0.29, 0.717) is 5.69 Å². The number of pyridine rings is 1. The molecule has 0 fully saturated rings. The molecule has 0 bridgehead atoms. The third-order valence-corrected chi connectivity index (χ3v) is 2.22. The first kappa shape index (κ1) is 11.9. The standard InChI is InChI=1S/C11H12BrNO2/c1-15-11(14)10-8-9(5-7-13-10)4-2-3-6-12/h2,4-5,7-8H,3,6H2,1H3. The summed E-state index contributed by atoms with van der Waals surface area (Å²) in [5.74, 6) is -0.411. The van der Waals surface area contributed by atoms with Gasteiger partial charge in [-0.3, -0.25) is 0 Å². The first-order valence-corrected chi connectivity index (χ1v) is 5.67. The highest BCUT2D eigenvalue weighted by Crippen LogP contribution is 2.06. The minimum absolute atomic E-state index is 0.332. The number of carbonyl (C=O) groups is 1. The number of methoxy groups -OCH3 is 1. The van der Waals surface area contributed by atoms with Gasteiger partial charge in [0.1, 0.15) is 5.69 Å². The molecule has 0 saturated heterocycles. The Morgan fingerprint density at radius 2 is 2.47 bits per heavy atom. The summed E-state index contributed by atoms with van der Waals surface area (Å²) in [7, 11) is 1.34. The molecule has 0 atom stereocenters. The number of aromatic nitrogens is 1. The Bertz CT molecular complexity index is 363. The molecule has 1 heterocycles. The van der Waals surface area contributed by atoms with Crippen LogP contribution in [0.1, 0.15) is 22.5 Å². The summed E-state index contributed by atoms with van der Waals surface area (Å²) < 4.78 is 4.58. The van der Waals surface area contributed by atoms with E-state index in [0.717, 1.165) is 17.3 Å². The first-order chi connectivity index (χ1) is 7.27. The molecule has 0 unspecified atom stereocenters. The third-order valence-electron chi connectivity index (χ3n) is 1.76. The molecule has 0 aliphatic heterocycles. The Morgan fingerprint density at radius 1 is 1.67 bits per heavy atom. The number of carbonyl (C=O) groups excluding carboxylic acids is 1. The van der Waals surface area contributed by atoms with Crippen molar-refractivity contribution in [2.75, 3.05) is 12.4 Å². The van der Waals surface area contributed by atoms with Gasteiger partial charge in [0, 0.05) is 11.5 Å². The van der Waals surface area contributed by atoms with Gasteiger partial charge in [0.2, 0.25) is 0 Å². The Morgan fingerprint density at radius 3 is 3.13 bits per heavy atom. The van der Waals surface area contributed by atoms with E-state index in [-0.39, 0.29) is 0 Å². The van der Waals surface area contributed by atoms with Gasteiger partial charge in [-0.05, 0) is 24.1 Å². The monoisotopic (exact) mass is 269 g/mol. The summed E-state index contributed by atoms with van der Waals surface area (Å²) in [4.78, 5) is 15.1. The average molecular weight is 270 g/mol. The Labute approximate surface area is 97.3 Å². The van der Waals surface area contributed by atoms with Gasteiger partial charge < -0.3 is 4.74 Å². The smallest absolute Gasteiger partial charge is 0.356 e. The van der Waals surface area contributed by atoms with Crippen molar-refractivity contribution < 1.29 is 9.53 Å². The van der Waals surface area contributed by atoms with Crippen LogP contribution in [0.5, 0.6) is 0 Å². The Kier molecular flexibility index (Phi) is 5.04. The van der Waals surface area contributed by atoms with Crippen LogP contribution in [-0.4, -0.2) is 23.4 Å². The van der Waals surface area contributed by atoms with E-state index in [1.165, 1.54) is 7.11 Å². The highest BCUT2D eigenvalue weighted by Gasteiger charge is 2.05. The number of ether oxygens (including phenoxy) is 1. The molecule has 1 aromatic rings. The number of esters is 1. The average Bonchev–Trinajstić information content (AvgIpc) is 2.29. The van der Waals surface area contributed by atoms with Crippen molar-refractivity contribution in [3.8, 4) is 0 Å². The molecule has 0 amide bonds. The van der Waals surface area contributed by atoms with Gasteiger partial charge in [0.25, 0.3) is 0 Å². The van der Waals surface area contributed by atoms with Crippen LogP contribution in [0.4, 0.5) is 0 Å². The van der Waals surface area contributed by atoms with Gasteiger partial charge in [-0.2, -0.15) is 0 Å². The van der Waals surface area contributed by atoms with E-state index >= 15 is 0 Å². The van der Waals surface area contributed by atoms with Crippen molar-refractivity contribution in [2.45, 2.75) is 6.42 Å². The van der Waals surface area contributed by atoms with Crippen LogP contribution < -0.4 is 0 Å². The largest absolute Gasteiger partial charge is 0.464 e. The summed E-state index contributed by atoms with van der Waals surface area (Å²) in [5, 5.41) is 0.929. The highest BCUT2D eigenvalue weighted by molar-refractivity contribution is 9.09. The van der Waals surface area contributed by atoms with Crippen LogP contribution in [0.15, 0.2) is 24.4 Å². The van der Waals surface area contributed by atoms with Crippen molar-refractivity contribution in [3.63, 3.8) is 0 Å². The predicted octanol–water partition coefficient (Wildman–Crippen LogP) is 2.67. The second-order valence-corrected chi connectivity index (χ2v) is 3.64. The molecule has 1 aromatic heterocycles. The molecule has 0 aliphatic carbocycles. The second kappa shape index (κ2) is 6.35. The van der Waals surface area contributed by atoms with Crippen molar-refractivity contribution in [3.05, 3.63) is 35.7 Å². The zero-order chi connectivity index (χ0) is 11.1. The number of rotatable bonds is 4. The number of alkyl halides is 1. The lowest BCUT2D eigenvalue weighted by atomic mass is 10.2. The van der Waals surface area contributed by atoms with Crippen molar-refractivity contribution in [1.29, 1.82) is 0 Å². The van der Waals surface area contributed by atoms with E-state index in [1.54, 1.807) is 12.3 Å². The van der Waals surface area contributed by atoms with Crippen LogP contribution in [-0.2, 0) is 4.74 Å². The maximum Gasteiger partial charge on any atom is 0.356 e. The second-order valence-electron chi connectivity index (χ2n) is 2.85. The van der Waals surface area contributed by atoms with Crippen LogP contribution in [0.2, 0.25) is 0 Å². The number of nitrogens with zero attached hydrogens (tertiary/aromatic N) is 1. The van der Waals surface area contributed by atoms with Crippen LogP contribution in [0.3, 0.4) is 0 Å². The summed E-state index contributed by atoms with van der Waals surface area (Å²) in [5.41, 5.74) is 1.28. The zero-order valence-corrected chi connectivity index (χ0v) is 10.0. The lowest BCUT2D eigenvalue weighted by Crippen LogP contribution is -2.03. The SMILES string of the molecule is COC(=O)c1cc(C=CCCBr)ccn1. The molecule has 4 heteroatoms. The fourth-order valence-electron chi connectivity index (χ4n) is 1.05. The Balaban J connectivity index is 2.78. The van der Waals surface area contributed by atoms with Gasteiger partial charge in [-0.25, -0.2) is 9.78 Å². The van der Waals surface area contributed by atoms with E-state index < -0.39 is 5.97 Å². The molecule has 15 heavy (non-hydrogen) atoms. The molecular weight excluding hydrogens is 258 g/mol. The maximum atomic E-state index is 11.2. The summed E-state index contributed by atoms with van der Waals surface area (Å²) in [6.07, 6.45) is 6.54. The highest BCUT2D eigenvalue weighted by atomic mass is 79.9. The molecule has 0 aromatic carbocycles. The van der Waals surface area contributed by atoms with Crippen molar-refractivity contribution in [2.24, 2.45) is 0 Å². The molecule has 0 saturated carbocycles.